The van der Waals surface area contributed by atoms with Gasteiger partial charge in [0.2, 0.25) is 0 Å². The van der Waals surface area contributed by atoms with E-state index in [0.717, 1.165) is 28.0 Å². The van der Waals surface area contributed by atoms with Gasteiger partial charge in [-0.25, -0.2) is 4.79 Å². The summed E-state index contributed by atoms with van der Waals surface area (Å²) in [5, 5.41) is 0. The molecule has 3 aromatic carbocycles. The average molecular weight is 469 g/mol. The third-order valence-corrected chi connectivity index (χ3v) is 6.70. The SMILES string of the molecule is COc1cc(C(C)(C)C)c(OC(=O)C2=CCc3ccccc3C2c2ccccc2)c(C(C)(C)C)c1. The third-order valence-electron chi connectivity index (χ3n) is 6.70. The molecule has 1 aliphatic carbocycles. The number of carbonyl (C=O) groups is 1. The Hall–Kier alpha value is -3.33. The number of esters is 1. The van der Waals surface area contributed by atoms with Gasteiger partial charge in [-0.2, -0.15) is 0 Å². The minimum absolute atomic E-state index is 0.164. The second-order valence-electron chi connectivity index (χ2n) is 11.3. The predicted molar refractivity (Wildman–Crippen MR) is 143 cm³/mol. The number of methoxy groups -OCH3 is 1. The van der Waals surface area contributed by atoms with Gasteiger partial charge in [0.1, 0.15) is 11.5 Å². The zero-order valence-corrected chi connectivity index (χ0v) is 21.9. The van der Waals surface area contributed by atoms with Crippen LogP contribution >= 0.6 is 0 Å². The highest BCUT2D eigenvalue weighted by Gasteiger charge is 2.34. The molecular weight excluding hydrogens is 432 g/mol. The Morgan fingerprint density at radius 1 is 0.829 bits per heavy atom. The van der Waals surface area contributed by atoms with Crippen LogP contribution < -0.4 is 9.47 Å². The molecule has 4 rings (SSSR count). The lowest BCUT2D eigenvalue weighted by Crippen LogP contribution is -2.26. The van der Waals surface area contributed by atoms with Crippen molar-refractivity contribution in [3.63, 3.8) is 0 Å². The average Bonchev–Trinajstić information content (AvgIpc) is 2.82. The van der Waals surface area contributed by atoms with Gasteiger partial charge in [0, 0.05) is 22.6 Å². The van der Waals surface area contributed by atoms with Crippen molar-refractivity contribution in [1.82, 2.24) is 0 Å². The molecule has 0 bridgehead atoms. The monoisotopic (exact) mass is 468 g/mol. The summed E-state index contributed by atoms with van der Waals surface area (Å²) >= 11 is 0. The number of hydrogen-bond acceptors (Lipinski definition) is 3. The molecule has 0 radical (unpaired) electrons. The molecule has 0 saturated heterocycles. The van der Waals surface area contributed by atoms with E-state index in [1.54, 1.807) is 7.11 Å². The van der Waals surface area contributed by atoms with Crippen molar-refractivity contribution >= 4 is 5.97 Å². The standard InChI is InChI=1S/C32H36O3/c1-31(2,3)26-19-23(34-7)20-27(32(4,5)6)29(26)35-30(33)25-18-17-21-13-11-12-16-24(21)28(25)22-14-9-8-10-15-22/h8-16,18-20,28H,17H2,1-7H3. The van der Waals surface area contributed by atoms with Crippen LogP contribution in [0.5, 0.6) is 11.5 Å². The molecule has 0 aliphatic heterocycles. The second kappa shape index (κ2) is 9.37. The van der Waals surface area contributed by atoms with Crippen molar-refractivity contribution in [2.75, 3.05) is 7.11 Å². The second-order valence-corrected chi connectivity index (χ2v) is 11.3. The molecule has 0 spiro atoms. The molecule has 3 nitrogen and oxygen atoms in total. The topological polar surface area (TPSA) is 35.5 Å². The van der Waals surface area contributed by atoms with E-state index in [1.807, 2.05) is 42.5 Å². The Kier molecular flexibility index (Phi) is 6.64. The molecule has 0 aromatic heterocycles. The molecule has 1 atom stereocenters. The van der Waals surface area contributed by atoms with Crippen molar-refractivity contribution in [2.45, 2.75) is 64.7 Å². The van der Waals surface area contributed by atoms with E-state index in [1.165, 1.54) is 5.56 Å². The molecule has 182 valence electrons. The molecule has 1 aliphatic rings. The summed E-state index contributed by atoms with van der Waals surface area (Å²) < 4.78 is 12.0. The predicted octanol–water partition coefficient (Wildman–Crippen LogP) is 7.51. The number of hydrogen-bond donors (Lipinski definition) is 0. The Morgan fingerprint density at radius 3 is 1.97 bits per heavy atom. The summed E-state index contributed by atoms with van der Waals surface area (Å²) in [5.74, 6) is 0.951. The Bertz CT molecular complexity index is 1220. The fourth-order valence-corrected chi connectivity index (χ4v) is 4.81. The van der Waals surface area contributed by atoms with Gasteiger partial charge in [0.15, 0.2) is 0 Å². The highest BCUT2D eigenvalue weighted by molar-refractivity contribution is 5.94. The van der Waals surface area contributed by atoms with Crippen LogP contribution in [0.4, 0.5) is 0 Å². The van der Waals surface area contributed by atoms with Crippen LogP contribution in [-0.4, -0.2) is 13.1 Å². The lowest BCUT2D eigenvalue weighted by Gasteiger charge is -2.31. The molecule has 0 amide bonds. The van der Waals surface area contributed by atoms with E-state index in [4.69, 9.17) is 9.47 Å². The van der Waals surface area contributed by atoms with E-state index in [9.17, 15) is 4.79 Å². The molecule has 0 heterocycles. The number of carbonyl (C=O) groups excluding carboxylic acids is 1. The van der Waals surface area contributed by atoms with E-state index in [-0.39, 0.29) is 22.7 Å². The van der Waals surface area contributed by atoms with Crippen molar-refractivity contribution in [1.29, 1.82) is 0 Å². The maximum absolute atomic E-state index is 14.0. The molecule has 3 heteroatoms. The lowest BCUT2D eigenvalue weighted by molar-refractivity contribution is -0.130. The maximum atomic E-state index is 14.0. The minimum Gasteiger partial charge on any atom is -0.497 e. The molecule has 35 heavy (non-hydrogen) atoms. The summed E-state index contributed by atoms with van der Waals surface area (Å²) in [4.78, 5) is 14.0. The fraction of sp³-hybridized carbons (Fsp3) is 0.344. The summed E-state index contributed by atoms with van der Waals surface area (Å²) in [6.07, 6.45) is 2.75. The number of benzene rings is 3. The van der Waals surface area contributed by atoms with Crippen LogP contribution in [0.2, 0.25) is 0 Å². The number of fused-ring (bicyclic) bond motifs is 1. The first-order chi connectivity index (χ1) is 16.5. The van der Waals surface area contributed by atoms with Crippen LogP contribution in [0.25, 0.3) is 0 Å². The minimum atomic E-state index is -0.297. The van der Waals surface area contributed by atoms with Crippen LogP contribution in [0.1, 0.15) is 75.3 Å². The smallest absolute Gasteiger partial charge is 0.340 e. The highest BCUT2D eigenvalue weighted by Crippen LogP contribution is 2.44. The van der Waals surface area contributed by atoms with Gasteiger partial charge >= 0.3 is 5.97 Å². The Morgan fingerprint density at radius 2 is 1.40 bits per heavy atom. The van der Waals surface area contributed by atoms with Crippen LogP contribution in [0.15, 0.2) is 78.4 Å². The van der Waals surface area contributed by atoms with Crippen LogP contribution in [0.3, 0.4) is 0 Å². The number of allylic oxidation sites excluding steroid dienone is 1. The lowest BCUT2D eigenvalue weighted by atomic mass is 9.77. The van der Waals surface area contributed by atoms with Crippen molar-refractivity contribution in [2.24, 2.45) is 0 Å². The van der Waals surface area contributed by atoms with Crippen LogP contribution in [-0.2, 0) is 22.0 Å². The molecule has 0 fully saturated rings. The maximum Gasteiger partial charge on any atom is 0.340 e. The van der Waals surface area contributed by atoms with Gasteiger partial charge < -0.3 is 9.47 Å². The Balaban J connectivity index is 1.83. The quantitative estimate of drug-likeness (QED) is 0.294. The van der Waals surface area contributed by atoms with Crippen molar-refractivity contribution < 1.29 is 14.3 Å². The van der Waals surface area contributed by atoms with Gasteiger partial charge in [0.25, 0.3) is 0 Å². The zero-order chi connectivity index (χ0) is 25.4. The third kappa shape index (κ3) is 5.05. The van der Waals surface area contributed by atoms with E-state index < -0.39 is 0 Å². The molecular formula is C32H36O3. The highest BCUT2D eigenvalue weighted by atomic mass is 16.5. The van der Waals surface area contributed by atoms with E-state index in [0.29, 0.717) is 17.7 Å². The fourth-order valence-electron chi connectivity index (χ4n) is 4.81. The summed E-state index contributed by atoms with van der Waals surface area (Å²) in [6.45, 7) is 12.8. The van der Waals surface area contributed by atoms with Gasteiger partial charge in [-0.1, -0.05) is 102 Å². The summed E-state index contributed by atoms with van der Waals surface area (Å²) in [6, 6.07) is 22.6. The van der Waals surface area contributed by atoms with Crippen LogP contribution in [0, 0.1) is 0 Å². The van der Waals surface area contributed by atoms with E-state index in [2.05, 4.69) is 71.9 Å². The normalized spacial score (nSPS) is 15.7. The van der Waals surface area contributed by atoms with Crippen molar-refractivity contribution in [3.8, 4) is 11.5 Å². The van der Waals surface area contributed by atoms with Gasteiger partial charge in [-0.15, -0.1) is 0 Å². The Labute approximate surface area is 209 Å². The molecule has 3 aromatic rings. The first kappa shape index (κ1) is 24.8. The summed E-state index contributed by atoms with van der Waals surface area (Å²) in [7, 11) is 1.68. The first-order valence-electron chi connectivity index (χ1n) is 12.3. The molecule has 0 saturated carbocycles. The zero-order valence-electron chi connectivity index (χ0n) is 21.9. The molecule has 1 unspecified atom stereocenters. The number of rotatable bonds is 4. The first-order valence-corrected chi connectivity index (χ1v) is 12.3. The largest absolute Gasteiger partial charge is 0.497 e. The number of ether oxygens (including phenoxy) is 2. The van der Waals surface area contributed by atoms with Gasteiger partial charge in [-0.05, 0) is 46.1 Å². The van der Waals surface area contributed by atoms with Crippen molar-refractivity contribution in [3.05, 3.63) is 106 Å². The van der Waals surface area contributed by atoms with Gasteiger partial charge in [0.05, 0.1) is 7.11 Å². The van der Waals surface area contributed by atoms with E-state index >= 15 is 0 Å². The molecule has 0 N–H and O–H groups in total. The summed E-state index contributed by atoms with van der Waals surface area (Å²) in [5.41, 5.74) is 5.62. The van der Waals surface area contributed by atoms with Gasteiger partial charge in [-0.3, -0.25) is 0 Å².